The van der Waals surface area contributed by atoms with E-state index in [-0.39, 0.29) is 17.5 Å². The molecule has 17 heavy (non-hydrogen) atoms. The molecule has 5 nitrogen and oxygen atoms in total. The molecule has 0 aliphatic rings. The number of nitrogens with one attached hydrogen (secondary N) is 3. The maximum absolute atomic E-state index is 5.23. The minimum Gasteiger partial charge on any atom is -0.375 e. The van der Waals surface area contributed by atoms with E-state index in [9.17, 15) is 0 Å². The lowest BCUT2D eigenvalue weighted by Crippen LogP contribution is -2.26. The van der Waals surface area contributed by atoms with Crippen LogP contribution in [0.3, 0.4) is 0 Å². The van der Waals surface area contributed by atoms with Gasteiger partial charge in [0.1, 0.15) is 0 Å². The molecule has 0 aliphatic carbocycles. The first-order valence-corrected chi connectivity index (χ1v) is 5.20. The van der Waals surface area contributed by atoms with Crippen molar-refractivity contribution in [2.75, 3.05) is 7.05 Å². The van der Waals surface area contributed by atoms with Gasteiger partial charge in [0.2, 0.25) is 0 Å². The van der Waals surface area contributed by atoms with Gasteiger partial charge < -0.3 is 5.73 Å². The van der Waals surface area contributed by atoms with E-state index in [1.54, 1.807) is 6.21 Å². The van der Waals surface area contributed by atoms with Crippen LogP contribution in [0.5, 0.6) is 0 Å². The molecular weight excluding hydrogens is 258 g/mol. The van der Waals surface area contributed by atoms with Gasteiger partial charge in [0.05, 0.1) is 6.21 Å². The Morgan fingerprint density at radius 1 is 1.41 bits per heavy atom. The Hall–Kier alpha value is -1.21. The Kier molecular flexibility index (Phi) is 8.25. The smallest absolute Gasteiger partial charge is 0.184 e. The third-order valence-electron chi connectivity index (χ3n) is 1.84. The lowest BCUT2D eigenvalue weighted by Gasteiger charge is -2.02. The first kappa shape index (κ1) is 15.8. The second kappa shape index (κ2) is 8.89. The predicted molar refractivity (Wildman–Crippen MR) is 77.1 cm³/mol. The molecule has 5 N–H and O–H groups in total. The number of hydrazone groups is 1. The Labute approximate surface area is 112 Å². The molecule has 0 aromatic heterocycles. The average Bonchev–Trinajstić information content (AvgIpc) is 2.27. The highest BCUT2D eigenvalue weighted by atomic mass is 35.5. The largest absolute Gasteiger partial charge is 0.375 e. The van der Waals surface area contributed by atoms with Crippen LogP contribution in [0.15, 0.2) is 29.4 Å². The van der Waals surface area contributed by atoms with Crippen molar-refractivity contribution in [3.63, 3.8) is 0 Å². The highest BCUT2D eigenvalue weighted by Gasteiger charge is 1.91. The maximum Gasteiger partial charge on any atom is 0.184 e. The summed E-state index contributed by atoms with van der Waals surface area (Å²) < 4.78 is 0. The highest BCUT2D eigenvalue weighted by Crippen LogP contribution is 2.01. The number of thiocarbonyl (C=S) groups is 1. The second-order valence-corrected chi connectivity index (χ2v) is 3.52. The van der Waals surface area contributed by atoms with Crippen LogP contribution in [0.4, 0.5) is 0 Å². The number of hydrazine groups is 1. The third-order valence-corrected chi connectivity index (χ3v) is 1.93. The number of nitrogens with zero attached hydrogens (tertiary/aromatic N) is 1. The Morgan fingerprint density at radius 3 is 2.59 bits per heavy atom. The number of benzene rings is 1. The fourth-order valence-electron chi connectivity index (χ4n) is 1.08. The molecular formula is C10H16ClN5S. The van der Waals surface area contributed by atoms with E-state index in [0.29, 0.717) is 0 Å². The average molecular weight is 274 g/mol. The molecule has 0 radical (unpaired) electrons. The topological polar surface area (TPSA) is 74.5 Å². The van der Waals surface area contributed by atoms with Crippen molar-refractivity contribution in [1.29, 1.82) is 0 Å². The first-order chi connectivity index (χ1) is 7.72. The van der Waals surface area contributed by atoms with E-state index in [4.69, 9.17) is 5.73 Å². The van der Waals surface area contributed by atoms with Crippen LogP contribution in [-0.2, 0) is 6.54 Å². The molecule has 0 saturated carbocycles. The fourth-order valence-corrected chi connectivity index (χ4v) is 1.14. The fraction of sp³-hybridized carbons (Fsp3) is 0.200. The van der Waals surface area contributed by atoms with E-state index in [1.807, 2.05) is 31.3 Å². The van der Waals surface area contributed by atoms with E-state index >= 15 is 0 Å². The zero-order chi connectivity index (χ0) is 11.8. The number of hydrogen-bond donors (Lipinski definition) is 4. The molecule has 0 heterocycles. The van der Waals surface area contributed by atoms with Gasteiger partial charge >= 0.3 is 0 Å². The van der Waals surface area contributed by atoms with Crippen molar-refractivity contribution in [3.8, 4) is 0 Å². The minimum atomic E-state index is 0. The maximum atomic E-state index is 5.23. The number of halogens is 1. The molecule has 94 valence electrons. The quantitative estimate of drug-likeness (QED) is 0.357. The van der Waals surface area contributed by atoms with Crippen molar-refractivity contribution in [2.24, 2.45) is 10.8 Å². The van der Waals surface area contributed by atoms with Gasteiger partial charge in [-0.1, -0.05) is 24.3 Å². The molecule has 0 saturated heterocycles. The Morgan fingerprint density at radius 2 is 2.06 bits per heavy atom. The molecule has 7 heteroatoms. The van der Waals surface area contributed by atoms with Crippen LogP contribution in [0.25, 0.3) is 0 Å². The van der Waals surface area contributed by atoms with E-state index in [0.717, 1.165) is 12.1 Å². The molecule has 0 spiro atoms. The predicted octanol–water partition coefficient (Wildman–Crippen LogP) is 0.499. The summed E-state index contributed by atoms with van der Waals surface area (Å²) in [4.78, 5) is 0. The molecule has 1 rings (SSSR count). The zero-order valence-corrected chi connectivity index (χ0v) is 11.1. The molecule has 0 atom stereocenters. The summed E-state index contributed by atoms with van der Waals surface area (Å²) in [7, 11) is 1.84. The van der Waals surface area contributed by atoms with Gasteiger partial charge in [-0.3, -0.25) is 16.3 Å². The molecule has 0 bridgehead atoms. The van der Waals surface area contributed by atoms with Crippen LogP contribution < -0.4 is 22.0 Å². The number of nitrogens with two attached hydrogens (primary N) is 1. The van der Waals surface area contributed by atoms with Crippen LogP contribution in [0, 0.1) is 0 Å². The van der Waals surface area contributed by atoms with E-state index in [1.165, 1.54) is 5.56 Å². The Bertz CT molecular complexity index is 365. The second-order valence-electron chi connectivity index (χ2n) is 3.08. The highest BCUT2D eigenvalue weighted by molar-refractivity contribution is 7.80. The zero-order valence-electron chi connectivity index (χ0n) is 9.43. The van der Waals surface area contributed by atoms with Gasteiger partial charge in [-0.25, -0.2) is 0 Å². The van der Waals surface area contributed by atoms with Crippen molar-refractivity contribution < 1.29 is 0 Å². The van der Waals surface area contributed by atoms with Gasteiger partial charge in [0, 0.05) is 6.54 Å². The summed E-state index contributed by atoms with van der Waals surface area (Å²) in [5.41, 5.74) is 15.8. The van der Waals surface area contributed by atoms with E-state index in [2.05, 4.69) is 33.6 Å². The summed E-state index contributed by atoms with van der Waals surface area (Å²) in [6.45, 7) is 0.777. The molecule has 0 amide bonds. The monoisotopic (exact) mass is 273 g/mol. The molecule has 0 fully saturated rings. The van der Waals surface area contributed by atoms with Crippen LogP contribution >= 0.6 is 24.6 Å². The van der Waals surface area contributed by atoms with Crippen molar-refractivity contribution >= 4 is 36.0 Å². The normalized spacial score (nSPS) is 9.94. The summed E-state index contributed by atoms with van der Waals surface area (Å²) in [5.74, 6) is 0. The van der Waals surface area contributed by atoms with Gasteiger partial charge in [-0.2, -0.15) is 5.10 Å². The summed E-state index contributed by atoms with van der Waals surface area (Å²) in [6, 6.07) is 7.98. The van der Waals surface area contributed by atoms with Gasteiger partial charge in [-0.15, -0.1) is 12.4 Å². The van der Waals surface area contributed by atoms with Crippen molar-refractivity contribution in [1.82, 2.24) is 16.3 Å². The first-order valence-electron chi connectivity index (χ1n) is 4.79. The van der Waals surface area contributed by atoms with Crippen LogP contribution in [0.2, 0.25) is 0 Å². The molecule has 0 aliphatic heterocycles. The lowest BCUT2D eigenvalue weighted by molar-refractivity contribution is 0.596. The summed E-state index contributed by atoms with van der Waals surface area (Å²) in [6.07, 6.45) is 1.66. The van der Waals surface area contributed by atoms with Crippen molar-refractivity contribution in [2.45, 2.75) is 6.54 Å². The van der Waals surface area contributed by atoms with Crippen molar-refractivity contribution in [3.05, 3.63) is 35.4 Å². The Balaban J connectivity index is 0.00000256. The summed E-state index contributed by atoms with van der Waals surface area (Å²) >= 11 is 4.62. The number of hydrogen-bond acceptors (Lipinski definition) is 4. The number of rotatable bonds is 5. The van der Waals surface area contributed by atoms with Crippen LogP contribution in [0.1, 0.15) is 11.1 Å². The lowest BCUT2D eigenvalue weighted by atomic mass is 10.1. The molecule has 0 unspecified atom stereocenters. The third kappa shape index (κ3) is 6.85. The summed E-state index contributed by atoms with van der Waals surface area (Å²) in [5, 5.41) is 4.02. The van der Waals surface area contributed by atoms with Crippen LogP contribution in [-0.4, -0.2) is 18.4 Å². The molecule has 1 aromatic rings. The van der Waals surface area contributed by atoms with Gasteiger partial charge in [0.25, 0.3) is 0 Å². The van der Waals surface area contributed by atoms with Gasteiger partial charge in [0.15, 0.2) is 5.11 Å². The SMILES string of the molecule is CNNCc1ccc(C=NNC(N)=S)cc1.Cl. The van der Waals surface area contributed by atoms with Gasteiger partial charge in [-0.05, 0) is 30.4 Å². The minimum absolute atomic E-state index is 0. The standard InChI is InChI=1S/C10H15N5S.ClH/c1-12-13-6-8-2-4-9(5-3-8)7-14-15-10(11)16;/h2-5,7,12-13H,6H2,1H3,(H3,11,15,16);1H. The molecule has 1 aromatic carbocycles. The van der Waals surface area contributed by atoms with E-state index < -0.39 is 0 Å².